The third kappa shape index (κ3) is 3.66. The van der Waals surface area contributed by atoms with Crippen LogP contribution in [0.2, 0.25) is 0 Å². The minimum Gasteiger partial charge on any atom is -0.503 e. The maximum atomic E-state index is 14.0. The lowest BCUT2D eigenvalue weighted by Crippen LogP contribution is -2.64. The zero-order chi connectivity index (χ0) is 24.8. The topological polar surface area (TPSA) is 94.9 Å². The third-order valence-corrected chi connectivity index (χ3v) is 7.38. The molecule has 1 aromatic heterocycles. The first-order valence-electron chi connectivity index (χ1n) is 11.2. The van der Waals surface area contributed by atoms with E-state index < -0.39 is 34.4 Å². The quantitative estimate of drug-likeness (QED) is 0.647. The highest BCUT2D eigenvalue weighted by atomic mass is 19.1. The van der Waals surface area contributed by atoms with Crippen LogP contribution in [0.3, 0.4) is 0 Å². The maximum Gasteiger partial charge on any atom is 0.257 e. The summed E-state index contributed by atoms with van der Waals surface area (Å²) in [6, 6.07) is 2.72. The van der Waals surface area contributed by atoms with E-state index in [1.807, 2.05) is 14.0 Å². The van der Waals surface area contributed by atoms with Crippen molar-refractivity contribution in [2.75, 3.05) is 20.1 Å². The first-order valence-corrected chi connectivity index (χ1v) is 11.2. The minimum atomic E-state index is -0.809. The van der Waals surface area contributed by atoms with Gasteiger partial charge in [-0.25, -0.2) is 8.78 Å². The van der Waals surface area contributed by atoms with Gasteiger partial charge in [-0.05, 0) is 46.2 Å². The molecule has 34 heavy (non-hydrogen) atoms. The zero-order valence-corrected chi connectivity index (χ0v) is 19.4. The highest BCUT2D eigenvalue weighted by Gasteiger charge is 2.49. The lowest BCUT2D eigenvalue weighted by Gasteiger charge is -2.53. The molecule has 8 nitrogen and oxygen atoms in total. The van der Waals surface area contributed by atoms with Gasteiger partial charge < -0.3 is 19.9 Å². The lowest BCUT2D eigenvalue weighted by atomic mass is 9.93. The second kappa shape index (κ2) is 8.83. The summed E-state index contributed by atoms with van der Waals surface area (Å²) in [5, 5.41) is 13.2. The Labute approximate surface area is 195 Å². The zero-order valence-electron chi connectivity index (χ0n) is 19.4. The average Bonchev–Trinajstić information content (AvgIpc) is 3.24. The van der Waals surface area contributed by atoms with Crippen molar-refractivity contribution in [3.63, 3.8) is 0 Å². The molecule has 1 aromatic carbocycles. The highest BCUT2D eigenvalue weighted by Crippen LogP contribution is 2.43. The number of halogens is 2. The van der Waals surface area contributed by atoms with Crippen LogP contribution in [0.5, 0.6) is 5.75 Å². The molecule has 2 N–H and O–H groups in total. The number of rotatable bonds is 5. The summed E-state index contributed by atoms with van der Waals surface area (Å²) in [6.45, 7) is 4.67. The van der Waals surface area contributed by atoms with Gasteiger partial charge in [0.1, 0.15) is 22.9 Å². The summed E-state index contributed by atoms with van der Waals surface area (Å²) in [6.07, 6.45) is 2.59. The Morgan fingerprint density at radius 3 is 2.74 bits per heavy atom. The molecule has 0 aliphatic carbocycles. The van der Waals surface area contributed by atoms with Gasteiger partial charge in [0.2, 0.25) is 11.8 Å². The van der Waals surface area contributed by atoms with E-state index in [2.05, 4.69) is 10.2 Å². The molecule has 1 fully saturated rings. The van der Waals surface area contributed by atoms with E-state index in [4.69, 9.17) is 0 Å². The number of carbonyl (C=O) groups is 2. The third-order valence-electron chi connectivity index (χ3n) is 7.38. The van der Waals surface area contributed by atoms with Crippen LogP contribution in [-0.4, -0.2) is 57.6 Å². The minimum absolute atomic E-state index is 0.0682. The summed E-state index contributed by atoms with van der Waals surface area (Å²) in [5.74, 6) is -2.82. The van der Waals surface area contributed by atoms with Crippen molar-refractivity contribution in [3.05, 3.63) is 62.6 Å². The van der Waals surface area contributed by atoms with Crippen molar-refractivity contribution < 1.29 is 23.5 Å². The number of aromatic hydroxyl groups is 1. The monoisotopic (exact) mass is 474 g/mol. The number of benzene rings is 1. The van der Waals surface area contributed by atoms with E-state index in [9.17, 15) is 28.3 Å². The van der Waals surface area contributed by atoms with Gasteiger partial charge in [-0.1, -0.05) is 6.07 Å². The fraction of sp³-hybridized carbons (Fsp3) is 0.458. The Kier molecular flexibility index (Phi) is 6.20. The average molecular weight is 475 g/mol. The van der Waals surface area contributed by atoms with Gasteiger partial charge in [0.25, 0.3) is 5.91 Å². The largest absolute Gasteiger partial charge is 0.503 e. The molecule has 10 heteroatoms. The van der Waals surface area contributed by atoms with Crippen LogP contribution in [0.25, 0.3) is 0 Å². The SMILES string of the molecule is Cc1c(O)c(=O)c(C(=O)NCc2ccc(F)cc2F)c2n1C(C1(C)N(C)CCCN1C=O)CC2. The molecule has 4 rings (SSSR count). The number of amides is 2. The second-order valence-electron chi connectivity index (χ2n) is 9.10. The van der Waals surface area contributed by atoms with Gasteiger partial charge in [-0.2, -0.15) is 0 Å². The molecule has 2 aliphatic rings. The molecular formula is C24H28F2N4O4. The van der Waals surface area contributed by atoms with Crippen molar-refractivity contribution in [2.24, 2.45) is 0 Å². The molecule has 2 unspecified atom stereocenters. The van der Waals surface area contributed by atoms with Crippen molar-refractivity contribution >= 4 is 12.3 Å². The number of hydrogen-bond acceptors (Lipinski definition) is 5. The summed E-state index contributed by atoms with van der Waals surface area (Å²) in [4.78, 5) is 41.7. The van der Waals surface area contributed by atoms with Gasteiger partial charge in [0.05, 0.1) is 11.7 Å². The fourth-order valence-corrected chi connectivity index (χ4v) is 5.36. The molecule has 0 saturated carbocycles. The van der Waals surface area contributed by atoms with Crippen LogP contribution in [-0.2, 0) is 17.8 Å². The van der Waals surface area contributed by atoms with Gasteiger partial charge in [-0.3, -0.25) is 19.3 Å². The van der Waals surface area contributed by atoms with E-state index >= 15 is 0 Å². The summed E-state index contributed by atoms with van der Waals surface area (Å²) in [7, 11) is 1.93. The number of pyridine rings is 1. The van der Waals surface area contributed by atoms with Gasteiger partial charge >= 0.3 is 0 Å². The molecule has 0 bridgehead atoms. The number of fused-ring (bicyclic) bond motifs is 1. The Bertz CT molecular complexity index is 1210. The summed E-state index contributed by atoms with van der Waals surface area (Å²) < 4.78 is 29.0. The smallest absolute Gasteiger partial charge is 0.257 e. The number of carbonyl (C=O) groups excluding carboxylic acids is 2. The van der Waals surface area contributed by atoms with Gasteiger partial charge in [-0.15, -0.1) is 0 Å². The van der Waals surface area contributed by atoms with E-state index in [0.717, 1.165) is 31.5 Å². The van der Waals surface area contributed by atoms with E-state index in [0.29, 0.717) is 30.8 Å². The number of nitrogens with one attached hydrogen (secondary N) is 1. The van der Waals surface area contributed by atoms with Crippen molar-refractivity contribution in [2.45, 2.75) is 51.4 Å². The second-order valence-corrected chi connectivity index (χ2v) is 9.10. The highest BCUT2D eigenvalue weighted by molar-refractivity contribution is 5.95. The Balaban J connectivity index is 1.74. The van der Waals surface area contributed by atoms with E-state index in [-0.39, 0.29) is 23.7 Å². The molecule has 0 radical (unpaired) electrons. The lowest BCUT2D eigenvalue weighted by molar-refractivity contribution is -0.143. The molecule has 2 aliphatic heterocycles. The van der Waals surface area contributed by atoms with Crippen LogP contribution in [0.1, 0.15) is 53.1 Å². The first-order chi connectivity index (χ1) is 16.1. The molecule has 2 amide bonds. The molecule has 2 aromatic rings. The van der Waals surface area contributed by atoms with E-state index in [1.54, 1.807) is 16.4 Å². The number of hydrogen-bond donors (Lipinski definition) is 2. The van der Waals surface area contributed by atoms with Crippen LogP contribution in [0.4, 0.5) is 8.78 Å². The van der Waals surface area contributed by atoms with Crippen molar-refractivity contribution in [1.29, 1.82) is 0 Å². The Morgan fingerprint density at radius 2 is 2.06 bits per heavy atom. The number of aromatic nitrogens is 1. The summed E-state index contributed by atoms with van der Waals surface area (Å²) >= 11 is 0. The normalized spacial score (nSPS) is 22.5. The molecular weight excluding hydrogens is 446 g/mol. The van der Waals surface area contributed by atoms with Crippen LogP contribution >= 0.6 is 0 Å². The molecule has 0 spiro atoms. The fourth-order valence-electron chi connectivity index (χ4n) is 5.36. The molecule has 1 saturated heterocycles. The standard InChI is InChI=1S/C24H28F2N4O4/c1-14-21(32)22(33)20(23(34)27-12-15-5-6-16(25)11-17(15)26)18-7-8-19(30(14)18)24(2)28(3)9-4-10-29(24)13-31/h5-6,11,13,19,32H,4,7-10,12H2,1-3H3,(H,27,34). The Hall–Kier alpha value is -3.27. The number of likely N-dealkylation sites (N-methyl/N-ethyl adjacent to an activating group) is 1. The molecule has 2 atom stereocenters. The van der Waals surface area contributed by atoms with Crippen LogP contribution in [0, 0.1) is 18.6 Å². The molecule has 182 valence electrons. The van der Waals surface area contributed by atoms with Gasteiger partial charge in [0, 0.05) is 37.0 Å². The maximum absolute atomic E-state index is 14.0. The van der Waals surface area contributed by atoms with Crippen LogP contribution < -0.4 is 10.7 Å². The van der Waals surface area contributed by atoms with Crippen molar-refractivity contribution in [3.8, 4) is 5.75 Å². The predicted molar refractivity (Wildman–Crippen MR) is 120 cm³/mol. The predicted octanol–water partition coefficient (Wildman–Crippen LogP) is 2.07. The van der Waals surface area contributed by atoms with E-state index in [1.165, 1.54) is 6.07 Å². The number of nitrogens with zero attached hydrogens (tertiary/aromatic N) is 3. The van der Waals surface area contributed by atoms with Crippen molar-refractivity contribution in [1.82, 2.24) is 19.7 Å². The van der Waals surface area contributed by atoms with Gasteiger partial charge in [0.15, 0.2) is 5.75 Å². The Morgan fingerprint density at radius 1 is 1.32 bits per heavy atom. The molecule has 3 heterocycles. The summed E-state index contributed by atoms with van der Waals surface area (Å²) in [5.41, 5.74) is -0.854. The van der Waals surface area contributed by atoms with Crippen LogP contribution in [0.15, 0.2) is 23.0 Å². The first kappa shape index (κ1) is 23.9.